The Bertz CT molecular complexity index is 307. The first kappa shape index (κ1) is 14.8. The maximum Gasteiger partial charge on any atom is 0.326 e. The number of likely N-dealkylation sites (tertiary alicyclic amines) is 1. The number of carbonyl (C=O) groups is 2. The molecule has 0 saturated carbocycles. The molecular formula is C13H24N2O3. The zero-order valence-corrected chi connectivity index (χ0v) is 11.6. The Hall–Kier alpha value is -1.26. The average molecular weight is 256 g/mol. The van der Waals surface area contributed by atoms with Crippen molar-refractivity contribution < 1.29 is 14.7 Å². The molecule has 1 fully saturated rings. The molecule has 1 aliphatic heterocycles. The van der Waals surface area contributed by atoms with Gasteiger partial charge in [-0.1, -0.05) is 20.3 Å². The highest BCUT2D eigenvalue weighted by Gasteiger charge is 2.35. The highest BCUT2D eigenvalue weighted by Crippen LogP contribution is 2.20. The number of nitrogens with zero attached hydrogens (tertiary/aromatic N) is 2. The number of carboxylic acid groups (broad SMARTS) is 1. The minimum Gasteiger partial charge on any atom is -0.480 e. The van der Waals surface area contributed by atoms with Crippen LogP contribution in [0.1, 0.15) is 40.0 Å². The Morgan fingerprint density at radius 3 is 2.61 bits per heavy atom. The highest BCUT2D eigenvalue weighted by molar-refractivity contribution is 5.83. The second kappa shape index (κ2) is 6.61. The van der Waals surface area contributed by atoms with Crippen LogP contribution in [0.3, 0.4) is 0 Å². The molecule has 5 heteroatoms. The predicted molar refractivity (Wildman–Crippen MR) is 69.5 cm³/mol. The first-order valence-electron chi connectivity index (χ1n) is 6.79. The summed E-state index contributed by atoms with van der Waals surface area (Å²) in [7, 11) is 0. The van der Waals surface area contributed by atoms with Gasteiger partial charge in [-0.25, -0.2) is 9.59 Å². The Morgan fingerprint density at radius 2 is 2.11 bits per heavy atom. The maximum atomic E-state index is 12.3. The van der Waals surface area contributed by atoms with E-state index in [1.807, 2.05) is 6.92 Å². The van der Waals surface area contributed by atoms with E-state index in [9.17, 15) is 9.59 Å². The summed E-state index contributed by atoms with van der Waals surface area (Å²) >= 11 is 0. The van der Waals surface area contributed by atoms with Crippen molar-refractivity contribution in [3.8, 4) is 0 Å². The van der Waals surface area contributed by atoms with E-state index in [2.05, 4.69) is 13.8 Å². The van der Waals surface area contributed by atoms with E-state index in [1.54, 1.807) is 4.90 Å². The van der Waals surface area contributed by atoms with E-state index < -0.39 is 12.0 Å². The first-order valence-corrected chi connectivity index (χ1v) is 6.79. The fourth-order valence-electron chi connectivity index (χ4n) is 2.28. The van der Waals surface area contributed by atoms with E-state index in [0.29, 0.717) is 32.0 Å². The van der Waals surface area contributed by atoms with Gasteiger partial charge < -0.3 is 14.9 Å². The van der Waals surface area contributed by atoms with Crippen LogP contribution in [-0.4, -0.2) is 52.6 Å². The molecule has 5 nitrogen and oxygen atoms in total. The summed E-state index contributed by atoms with van der Waals surface area (Å²) in [5.41, 5.74) is 0. The third-order valence-electron chi connectivity index (χ3n) is 3.66. The SMILES string of the molecule is CCC(C)CN(CC)C(=O)N1CCCC1C(=O)O. The fourth-order valence-corrected chi connectivity index (χ4v) is 2.28. The van der Waals surface area contributed by atoms with Crippen LogP contribution in [0, 0.1) is 5.92 Å². The fraction of sp³-hybridized carbons (Fsp3) is 0.846. The normalized spacial score (nSPS) is 20.8. The molecule has 2 atom stereocenters. The minimum absolute atomic E-state index is 0.122. The van der Waals surface area contributed by atoms with Gasteiger partial charge in [-0.3, -0.25) is 0 Å². The number of rotatable bonds is 5. The molecule has 18 heavy (non-hydrogen) atoms. The zero-order valence-electron chi connectivity index (χ0n) is 11.6. The van der Waals surface area contributed by atoms with E-state index in [4.69, 9.17) is 5.11 Å². The second-order valence-electron chi connectivity index (χ2n) is 5.02. The number of carboxylic acids is 1. The van der Waals surface area contributed by atoms with Crippen molar-refractivity contribution >= 4 is 12.0 Å². The number of hydrogen-bond donors (Lipinski definition) is 1. The van der Waals surface area contributed by atoms with Gasteiger partial charge in [0.2, 0.25) is 0 Å². The molecule has 0 radical (unpaired) electrons. The van der Waals surface area contributed by atoms with Gasteiger partial charge in [0.1, 0.15) is 6.04 Å². The van der Waals surface area contributed by atoms with Gasteiger partial charge >= 0.3 is 12.0 Å². The van der Waals surface area contributed by atoms with Crippen LogP contribution in [0.25, 0.3) is 0 Å². The van der Waals surface area contributed by atoms with Crippen molar-refractivity contribution in [3.63, 3.8) is 0 Å². The monoisotopic (exact) mass is 256 g/mol. The Balaban J connectivity index is 2.68. The molecule has 2 unspecified atom stereocenters. The van der Waals surface area contributed by atoms with Gasteiger partial charge in [-0.2, -0.15) is 0 Å². The molecule has 0 aliphatic carbocycles. The van der Waals surface area contributed by atoms with Crippen molar-refractivity contribution in [2.24, 2.45) is 5.92 Å². The van der Waals surface area contributed by atoms with Gasteiger partial charge in [0.25, 0.3) is 0 Å². The van der Waals surface area contributed by atoms with Crippen LogP contribution in [0.5, 0.6) is 0 Å². The van der Waals surface area contributed by atoms with Crippen molar-refractivity contribution in [3.05, 3.63) is 0 Å². The van der Waals surface area contributed by atoms with Crippen molar-refractivity contribution in [2.75, 3.05) is 19.6 Å². The van der Waals surface area contributed by atoms with Crippen LogP contribution >= 0.6 is 0 Å². The molecule has 1 aliphatic rings. The zero-order chi connectivity index (χ0) is 13.7. The quantitative estimate of drug-likeness (QED) is 0.818. The van der Waals surface area contributed by atoms with Gasteiger partial charge in [0.15, 0.2) is 0 Å². The molecule has 1 rings (SSSR count). The number of aliphatic carboxylic acids is 1. The lowest BCUT2D eigenvalue weighted by Gasteiger charge is -2.31. The maximum absolute atomic E-state index is 12.3. The van der Waals surface area contributed by atoms with E-state index in [1.165, 1.54) is 4.90 Å². The third kappa shape index (κ3) is 3.37. The summed E-state index contributed by atoms with van der Waals surface area (Å²) in [6.07, 6.45) is 2.37. The lowest BCUT2D eigenvalue weighted by atomic mass is 10.1. The van der Waals surface area contributed by atoms with Gasteiger partial charge in [-0.05, 0) is 25.7 Å². The van der Waals surface area contributed by atoms with E-state index in [0.717, 1.165) is 12.8 Å². The smallest absolute Gasteiger partial charge is 0.326 e. The summed E-state index contributed by atoms with van der Waals surface area (Å²) in [4.78, 5) is 26.7. The minimum atomic E-state index is -0.888. The van der Waals surface area contributed by atoms with Gasteiger partial charge in [0.05, 0.1) is 0 Å². The molecule has 1 saturated heterocycles. The van der Waals surface area contributed by atoms with E-state index in [-0.39, 0.29) is 6.03 Å². The highest BCUT2D eigenvalue weighted by atomic mass is 16.4. The van der Waals surface area contributed by atoms with Gasteiger partial charge in [0, 0.05) is 19.6 Å². The first-order chi connectivity index (χ1) is 8.51. The van der Waals surface area contributed by atoms with Crippen molar-refractivity contribution in [2.45, 2.75) is 46.1 Å². The summed E-state index contributed by atoms with van der Waals surface area (Å²) in [5, 5.41) is 9.10. The Kier molecular flexibility index (Phi) is 5.44. The number of hydrogen-bond acceptors (Lipinski definition) is 2. The molecule has 1 heterocycles. The number of urea groups is 1. The van der Waals surface area contributed by atoms with Crippen LogP contribution in [-0.2, 0) is 4.79 Å². The van der Waals surface area contributed by atoms with Crippen LogP contribution in [0.2, 0.25) is 0 Å². The molecule has 0 aromatic rings. The molecule has 1 N–H and O–H groups in total. The second-order valence-corrected chi connectivity index (χ2v) is 5.02. The van der Waals surface area contributed by atoms with Crippen LogP contribution < -0.4 is 0 Å². The molecule has 0 aromatic heterocycles. The summed E-state index contributed by atoms with van der Waals surface area (Å²) in [6.45, 7) is 8.03. The largest absolute Gasteiger partial charge is 0.480 e. The summed E-state index contributed by atoms with van der Waals surface area (Å²) in [6, 6.07) is -0.758. The molecule has 0 aromatic carbocycles. The summed E-state index contributed by atoms with van der Waals surface area (Å²) < 4.78 is 0. The molecule has 2 amide bonds. The number of carbonyl (C=O) groups excluding carboxylic acids is 1. The molecule has 104 valence electrons. The van der Waals surface area contributed by atoms with Crippen molar-refractivity contribution in [1.29, 1.82) is 0 Å². The van der Waals surface area contributed by atoms with Crippen molar-refractivity contribution in [1.82, 2.24) is 9.80 Å². The number of amides is 2. The molecule has 0 spiro atoms. The van der Waals surface area contributed by atoms with Crippen LogP contribution in [0.15, 0.2) is 0 Å². The Morgan fingerprint density at radius 1 is 1.44 bits per heavy atom. The average Bonchev–Trinajstić information content (AvgIpc) is 2.83. The molecular weight excluding hydrogens is 232 g/mol. The summed E-state index contributed by atoms with van der Waals surface area (Å²) in [5.74, 6) is -0.444. The standard InChI is InChI=1S/C13H24N2O3/c1-4-10(3)9-14(5-2)13(18)15-8-6-7-11(15)12(16)17/h10-11H,4-9H2,1-3H3,(H,16,17). The lowest BCUT2D eigenvalue weighted by molar-refractivity contribution is -0.141. The van der Waals surface area contributed by atoms with Crippen LogP contribution in [0.4, 0.5) is 4.79 Å². The third-order valence-corrected chi connectivity index (χ3v) is 3.66. The van der Waals surface area contributed by atoms with E-state index >= 15 is 0 Å². The lowest BCUT2D eigenvalue weighted by Crippen LogP contribution is -2.49. The molecule has 0 bridgehead atoms. The topological polar surface area (TPSA) is 60.9 Å². The predicted octanol–water partition coefficient (Wildman–Crippen LogP) is 2.02. The Labute approximate surface area is 109 Å². The van der Waals surface area contributed by atoms with Gasteiger partial charge in [-0.15, -0.1) is 0 Å².